The molecule has 3 aromatic rings. The van der Waals surface area contributed by atoms with Crippen LogP contribution in [-0.2, 0) is 0 Å². The summed E-state index contributed by atoms with van der Waals surface area (Å²) < 4.78 is 0. The Morgan fingerprint density at radius 3 is 2.67 bits per heavy atom. The first-order valence-electron chi connectivity index (χ1n) is 6.44. The second kappa shape index (κ2) is 5.18. The fourth-order valence-electron chi connectivity index (χ4n) is 2.23. The summed E-state index contributed by atoms with van der Waals surface area (Å²) in [5.41, 5.74) is 9.95. The molecule has 5 nitrogen and oxygen atoms in total. The molecule has 0 spiro atoms. The number of halogens is 1. The largest absolute Gasteiger partial charge is 0.397 e. The summed E-state index contributed by atoms with van der Waals surface area (Å²) in [6, 6.07) is 3.88. The van der Waals surface area contributed by atoms with Crippen molar-refractivity contribution in [3.8, 4) is 11.1 Å². The van der Waals surface area contributed by atoms with E-state index in [0.29, 0.717) is 22.0 Å². The number of hydrogen-bond acceptors (Lipinski definition) is 5. The highest BCUT2D eigenvalue weighted by atomic mass is 35.5. The van der Waals surface area contributed by atoms with E-state index >= 15 is 0 Å². The summed E-state index contributed by atoms with van der Waals surface area (Å²) in [5, 5.41) is 4.33. The monoisotopic (exact) mass is 299 g/mol. The molecule has 0 aliphatic carbocycles. The minimum absolute atomic E-state index is 0.518. The second-order valence-electron chi connectivity index (χ2n) is 4.73. The van der Waals surface area contributed by atoms with Gasteiger partial charge >= 0.3 is 0 Å². The Morgan fingerprint density at radius 1 is 1.10 bits per heavy atom. The van der Waals surface area contributed by atoms with Crippen LogP contribution in [0.1, 0.15) is 5.69 Å². The zero-order valence-corrected chi connectivity index (χ0v) is 12.4. The van der Waals surface area contributed by atoms with Gasteiger partial charge in [0, 0.05) is 41.6 Å². The third kappa shape index (κ3) is 2.36. The molecule has 3 aromatic heterocycles. The maximum absolute atomic E-state index is 6.28. The second-order valence-corrected chi connectivity index (χ2v) is 5.11. The normalized spacial score (nSPS) is 10.8. The van der Waals surface area contributed by atoms with Gasteiger partial charge in [-0.2, -0.15) is 0 Å². The van der Waals surface area contributed by atoms with E-state index in [1.54, 1.807) is 25.6 Å². The highest BCUT2D eigenvalue weighted by Gasteiger charge is 2.10. The standard InChI is InChI=1S/C15H14ClN5/c1-8-12(4-11(17)7-19-8)9-3-10-6-21-15(18-2)13(16)14(10)20-5-9/h3-7H,17H2,1-2H3,(H,18,21). The van der Waals surface area contributed by atoms with Crippen LogP contribution in [-0.4, -0.2) is 22.0 Å². The molecule has 3 heterocycles. The number of rotatable bonds is 2. The van der Waals surface area contributed by atoms with Crippen LogP contribution < -0.4 is 11.1 Å². The Morgan fingerprint density at radius 2 is 1.90 bits per heavy atom. The fourth-order valence-corrected chi connectivity index (χ4v) is 2.53. The van der Waals surface area contributed by atoms with Crippen molar-refractivity contribution in [3.63, 3.8) is 0 Å². The van der Waals surface area contributed by atoms with Gasteiger partial charge in [-0.3, -0.25) is 9.97 Å². The summed E-state index contributed by atoms with van der Waals surface area (Å²) in [4.78, 5) is 13.0. The van der Waals surface area contributed by atoms with Crippen molar-refractivity contribution in [1.82, 2.24) is 15.0 Å². The van der Waals surface area contributed by atoms with Crippen LogP contribution in [0, 0.1) is 6.92 Å². The van der Waals surface area contributed by atoms with Gasteiger partial charge in [-0.15, -0.1) is 0 Å². The molecule has 106 valence electrons. The molecule has 3 rings (SSSR count). The molecule has 0 radical (unpaired) electrons. The topological polar surface area (TPSA) is 76.7 Å². The molecule has 0 unspecified atom stereocenters. The molecule has 0 aliphatic rings. The van der Waals surface area contributed by atoms with Crippen molar-refractivity contribution in [2.45, 2.75) is 6.92 Å². The summed E-state index contributed by atoms with van der Waals surface area (Å²) in [5.74, 6) is 0.617. The van der Waals surface area contributed by atoms with Crippen molar-refractivity contribution in [2.75, 3.05) is 18.1 Å². The summed E-state index contributed by atoms with van der Waals surface area (Å²) in [6.45, 7) is 1.94. The smallest absolute Gasteiger partial charge is 0.146 e. The van der Waals surface area contributed by atoms with E-state index in [-0.39, 0.29) is 0 Å². The highest BCUT2D eigenvalue weighted by Crippen LogP contribution is 2.31. The van der Waals surface area contributed by atoms with E-state index in [9.17, 15) is 0 Å². The van der Waals surface area contributed by atoms with Crippen LogP contribution in [0.2, 0.25) is 5.02 Å². The molecule has 21 heavy (non-hydrogen) atoms. The van der Waals surface area contributed by atoms with Crippen molar-refractivity contribution in [1.29, 1.82) is 0 Å². The van der Waals surface area contributed by atoms with Crippen molar-refractivity contribution < 1.29 is 0 Å². The lowest BCUT2D eigenvalue weighted by molar-refractivity contribution is 1.20. The van der Waals surface area contributed by atoms with Crippen LogP contribution in [0.4, 0.5) is 11.5 Å². The lowest BCUT2D eigenvalue weighted by Gasteiger charge is -2.09. The number of nitrogen functional groups attached to an aromatic ring is 1. The number of aromatic nitrogens is 3. The number of nitrogens with zero attached hydrogens (tertiary/aromatic N) is 3. The predicted octanol–water partition coefficient (Wildman–Crippen LogP) is 3.28. The lowest BCUT2D eigenvalue weighted by atomic mass is 10.0. The first-order valence-corrected chi connectivity index (χ1v) is 6.82. The van der Waals surface area contributed by atoms with Gasteiger partial charge in [-0.05, 0) is 19.1 Å². The number of nitrogens with one attached hydrogen (secondary N) is 1. The van der Waals surface area contributed by atoms with Gasteiger partial charge in [0.1, 0.15) is 10.8 Å². The summed E-state index contributed by atoms with van der Waals surface area (Å²) in [7, 11) is 1.77. The maximum atomic E-state index is 6.28. The number of anilines is 2. The van der Waals surface area contributed by atoms with Gasteiger partial charge < -0.3 is 11.1 Å². The van der Waals surface area contributed by atoms with Gasteiger partial charge in [0.25, 0.3) is 0 Å². The fraction of sp³-hybridized carbons (Fsp3) is 0.133. The Labute approximate surface area is 127 Å². The van der Waals surface area contributed by atoms with Crippen molar-refractivity contribution in [2.24, 2.45) is 0 Å². The van der Waals surface area contributed by atoms with E-state index < -0.39 is 0 Å². The molecule has 0 aromatic carbocycles. The van der Waals surface area contributed by atoms with E-state index in [2.05, 4.69) is 20.3 Å². The molecule has 0 amide bonds. The SMILES string of the molecule is CNc1ncc2cc(-c3cc(N)cnc3C)cnc2c1Cl. The number of hydrogen-bond donors (Lipinski definition) is 2. The number of nitrogens with two attached hydrogens (primary N) is 1. The molecule has 0 atom stereocenters. The average Bonchev–Trinajstić information content (AvgIpc) is 2.50. The molecular formula is C15H14ClN5. The molecule has 0 bridgehead atoms. The summed E-state index contributed by atoms with van der Waals surface area (Å²) in [6.07, 6.45) is 5.17. The van der Waals surface area contributed by atoms with Crippen LogP contribution in [0.15, 0.2) is 30.7 Å². The van der Waals surface area contributed by atoms with Crippen LogP contribution in [0.25, 0.3) is 22.0 Å². The lowest BCUT2D eigenvalue weighted by Crippen LogP contribution is -1.96. The van der Waals surface area contributed by atoms with E-state index in [1.807, 2.05) is 19.1 Å². The zero-order valence-electron chi connectivity index (χ0n) is 11.7. The number of pyridine rings is 3. The van der Waals surface area contributed by atoms with Gasteiger partial charge in [-0.25, -0.2) is 4.98 Å². The number of fused-ring (bicyclic) bond motifs is 1. The molecule has 0 saturated carbocycles. The van der Waals surface area contributed by atoms with E-state index in [4.69, 9.17) is 17.3 Å². The molecule has 0 fully saturated rings. The Kier molecular flexibility index (Phi) is 3.35. The highest BCUT2D eigenvalue weighted by molar-refractivity contribution is 6.37. The van der Waals surface area contributed by atoms with E-state index in [1.165, 1.54) is 0 Å². The Balaban J connectivity index is 2.20. The van der Waals surface area contributed by atoms with Crippen LogP contribution in [0.5, 0.6) is 0 Å². The average molecular weight is 300 g/mol. The molecule has 0 saturated heterocycles. The van der Waals surface area contributed by atoms with Gasteiger partial charge in [0.15, 0.2) is 0 Å². The third-order valence-electron chi connectivity index (χ3n) is 3.32. The zero-order chi connectivity index (χ0) is 15.0. The minimum atomic E-state index is 0.518. The Bertz CT molecular complexity index is 832. The number of aryl methyl sites for hydroxylation is 1. The molecular weight excluding hydrogens is 286 g/mol. The summed E-state index contributed by atoms with van der Waals surface area (Å²) >= 11 is 6.28. The van der Waals surface area contributed by atoms with Gasteiger partial charge in [0.05, 0.1) is 17.4 Å². The quantitative estimate of drug-likeness (QED) is 0.759. The first-order chi connectivity index (χ1) is 10.1. The van der Waals surface area contributed by atoms with Crippen molar-refractivity contribution in [3.05, 3.63) is 41.4 Å². The van der Waals surface area contributed by atoms with Crippen LogP contribution >= 0.6 is 11.6 Å². The third-order valence-corrected chi connectivity index (χ3v) is 3.68. The van der Waals surface area contributed by atoms with E-state index in [0.717, 1.165) is 22.2 Å². The maximum Gasteiger partial charge on any atom is 0.146 e. The predicted molar refractivity (Wildman–Crippen MR) is 86.5 cm³/mol. The van der Waals surface area contributed by atoms with Crippen molar-refractivity contribution >= 4 is 34.0 Å². The minimum Gasteiger partial charge on any atom is -0.397 e. The first kappa shape index (κ1) is 13.6. The van der Waals surface area contributed by atoms with Crippen LogP contribution in [0.3, 0.4) is 0 Å². The molecule has 6 heteroatoms. The van der Waals surface area contributed by atoms with Gasteiger partial charge in [-0.1, -0.05) is 11.6 Å². The molecule has 0 aliphatic heterocycles. The molecule has 3 N–H and O–H groups in total. The van der Waals surface area contributed by atoms with Gasteiger partial charge in [0.2, 0.25) is 0 Å². The Hall–Kier alpha value is -2.40.